The highest BCUT2D eigenvalue weighted by Gasteiger charge is 2.41. The van der Waals surface area contributed by atoms with E-state index in [1.165, 1.54) is 0 Å². The SMILES string of the molecule is CCCC(CCC)(C(=O)NCCS(=O)CC)C(N)=NO. The fraction of sp³-hybridized carbons (Fsp3) is 0.846. The topological polar surface area (TPSA) is 105 Å². The van der Waals surface area contributed by atoms with Gasteiger partial charge in [-0.25, -0.2) is 0 Å². The minimum absolute atomic E-state index is 0.0460. The lowest BCUT2D eigenvalue weighted by molar-refractivity contribution is -0.128. The second-order valence-corrected chi connectivity index (χ2v) is 6.62. The number of hydrogen-bond acceptors (Lipinski definition) is 4. The highest BCUT2D eigenvalue weighted by molar-refractivity contribution is 7.84. The van der Waals surface area contributed by atoms with E-state index in [9.17, 15) is 9.00 Å². The van der Waals surface area contributed by atoms with Crippen LogP contribution in [0.5, 0.6) is 0 Å². The van der Waals surface area contributed by atoms with Crippen LogP contribution in [0, 0.1) is 5.41 Å². The van der Waals surface area contributed by atoms with Crippen LogP contribution in [0.15, 0.2) is 5.16 Å². The van der Waals surface area contributed by atoms with E-state index in [1.807, 2.05) is 20.8 Å². The van der Waals surface area contributed by atoms with E-state index in [0.29, 0.717) is 30.9 Å². The van der Waals surface area contributed by atoms with Crippen molar-refractivity contribution in [1.82, 2.24) is 5.32 Å². The summed E-state index contributed by atoms with van der Waals surface area (Å²) in [6, 6.07) is 0. The molecule has 0 spiro atoms. The molecule has 6 nitrogen and oxygen atoms in total. The molecule has 0 aromatic heterocycles. The Hall–Kier alpha value is -1.11. The van der Waals surface area contributed by atoms with Crippen molar-refractivity contribution in [2.75, 3.05) is 18.1 Å². The quantitative estimate of drug-likeness (QED) is 0.244. The van der Waals surface area contributed by atoms with Crippen molar-refractivity contribution in [1.29, 1.82) is 0 Å². The van der Waals surface area contributed by atoms with Gasteiger partial charge in [0.1, 0.15) is 5.41 Å². The lowest BCUT2D eigenvalue weighted by atomic mass is 9.77. The van der Waals surface area contributed by atoms with Crippen LogP contribution in [-0.4, -0.2) is 39.2 Å². The first-order valence-corrected chi connectivity index (χ1v) is 8.58. The van der Waals surface area contributed by atoms with Crippen LogP contribution in [0.1, 0.15) is 46.5 Å². The molecular formula is C13H27N3O3S. The van der Waals surface area contributed by atoms with Crippen molar-refractivity contribution in [2.24, 2.45) is 16.3 Å². The molecule has 0 rings (SSSR count). The van der Waals surface area contributed by atoms with Gasteiger partial charge in [0.25, 0.3) is 0 Å². The molecule has 0 aromatic carbocycles. The van der Waals surface area contributed by atoms with Gasteiger partial charge in [0, 0.05) is 28.9 Å². The van der Waals surface area contributed by atoms with Crippen molar-refractivity contribution in [3.05, 3.63) is 0 Å². The molecule has 0 aliphatic carbocycles. The Morgan fingerprint density at radius 1 is 1.30 bits per heavy atom. The fourth-order valence-electron chi connectivity index (χ4n) is 2.27. The van der Waals surface area contributed by atoms with Gasteiger partial charge in [-0.2, -0.15) is 0 Å². The zero-order chi connectivity index (χ0) is 15.6. The van der Waals surface area contributed by atoms with Crippen LogP contribution in [0.25, 0.3) is 0 Å². The van der Waals surface area contributed by atoms with E-state index in [4.69, 9.17) is 10.9 Å². The van der Waals surface area contributed by atoms with Crippen LogP contribution in [0.3, 0.4) is 0 Å². The van der Waals surface area contributed by atoms with E-state index in [1.54, 1.807) is 0 Å². The minimum atomic E-state index is -0.966. The van der Waals surface area contributed by atoms with E-state index >= 15 is 0 Å². The summed E-state index contributed by atoms with van der Waals surface area (Å²) >= 11 is 0. The maximum Gasteiger partial charge on any atom is 0.233 e. The average molecular weight is 305 g/mol. The van der Waals surface area contributed by atoms with Gasteiger partial charge in [-0.05, 0) is 12.8 Å². The number of rotatable bonds is 10. The number of carbonyl (C=O) groups is 1. The van der Waals surface area contributed by atoms with Crippen LogP contribution in [-0.2, 0) is 15.6 Å². The van der Waals surface area contributed by atoms with Crippen LogP contribution in [0.4, 0.5) is 0 Å². The summed E-state index contributed by atoms with van der Waals surface area (Å²) in [5.41, 5.74) is 4.80. The second kappa shape index (κ2) is 9.74. The first-order valence-electron chi connectivity index (χ1n) is 7.09. The van der Waals surface area contributed by atoms with E-state index < -0.39 is 16.2 Å². The Balaban J connectivity index is 4.91. The van der Waals surface area contributed by atoms with Crippen molar-refractivity contribution >= 4 is 22.5 Å². The normalized spacial score (nSPS) is 14.1. The molecule has 1 amide bonds. The van der Waals surface area contributed by atoms with Gasteiger partial charge in [0.15, 0.2) is 5.84 Å². The van der Waals surface area contributed by atoms with E-state index in [2.05, 4.69) is 10.5 Å². The number of nitrogens with zero attached hydrogens (tertiary/aromatic N) is 1. The molecule has 20 heavy (non-hydrogen) atoms. The number of nitrogens with one attached hydrogen (secondary N) is 1. The Morgan fingerprint density at radius 2 is 1.85 bits per heavy atom. The molecule has 0 saturated carbocycles. The minimum Gasteiger partial charge on any atom is -0.409 e. The van der Waals surface area contributed by atoms with Crippen molar-refractivity contribution in [3.8, 4) is 0 Å². The van der Waals surface area contributed by atoms with E-state index in [0.717, 1.165) is 12.8 Å². The molecule has 0 bridgehead atoms. The molecule has 0 heterocycles. The Bertz CT molecular complexity index is 353. The van der Waals surface area contributed by atoms with Crippen molar-refractivity contribution in [2.45, 2.75) is 46.5 Å². The zero-order valence-electron chi connectivity index (χ0n) is 12.6. The van der Waals surface area contributed by atoms with Gasteiger partial charge < -0.3 is 16.3 Å². The smallest absolute Gasteiger partial charge is 0.233 e. The first kappa shape index (κ1) is 18.9. The lowest BCUT2D eigenvalue weighted by Gasteiger charge is -2.30. The zero-order valence-corrected chi connectivity index (χ0v) is 13.5. The molecule has 0 saturated heterocycles. The third-order valence-electron chi connectivity index (χ3n) is 3.32. The summed E-state index contributed by atoms with van der Waals surface area (Å²) in [5, 5.41) is 14.8. The van der Waals surface area contributed by atoms with Crippen LogP contribution >= 0.6 is 0 Å². The summed E-state index contributed by atoms with van der Waals surface area (Å²) < 4.78 is 11.4. The molecule has 1 unspecified atom stereocenters. The lowest BCUT2D eigenvalue weighted by Crippen LogP contribution is -2.50. The van der Waals surface area contributed by atoms with Gasteiger partial charge in [-0.1, -0.05) is 38.8 Å². The van der Waals surface area contributed by atoms with Gasteiger partial charge in [-0.15, -0.1) is 0 Å². The number of amidine groups is 1. The third kappa shape index (κ3) is 5.11. The monoisotopic (exact) mass is 305 g/mol. The van der Waals surface area contributed by atoms with Gasteiger partial charge >= 0.3 is 0 Å². The summed E-state index contributed by atoms with van der Waals surface area (Å²) in [7, 11) is -0.916. The standard InChI is InChI=1S/C13H27N3O3S/c1-4-7-13(8-5-2,11(14)16-18)12(17)15-9-10-20(19)6-3/h18H,4-10H2,1-3H3,(H2,14,16)(H,15,17). The second-order valence-electron chi connectivity index (χ2n) is 4.76. The molecule has 0 aromatic rings. The van der Waals surface area contributed by atoms with Gasteiger partial charge in [-0.3, -0.25) is 9.00 Å². The first-order chi connectivity index (χ1) is 9.48. The Kier molecular flexibility index (Phi) is 9.20. The van der Waals surface area contributed by atoms with Crippen molar-refractivity contribution < 1.29 is 14.2 Å². The number of carbonyl (C=O) groups excluding carboxylic acids is 1. The molecule has 0 radical (unpaired) electrons. The van der Waals surface area contributed by atoms with Crippen molar-refractivity contribution in [3.63, 3.8) is 0 Å². The van der Waals surface area contributed by atoms with Gasteiger partial charge in [0.05, 0.1) is 0 Å². The van der Waals surface area contributed by atoms with Crippen LogP contribution in [0.2, 0.25) is 0 Å². The molecule has 4 N–H and O–H groups in total. The molecule has 0 aliphatic heterocycles. The third-order valence-corrected chi connectivity index (χ3v) is 4.63. The predicted molar refractivity (Wildman–Crippen MR) is 82.2 cm³/mol. The average Bonchev–Trinajstić information content (AvgIpc) is 2.45. The highest BCUT2D eigenvalue weighted by Crippen LogP contribution is 2.30. The Labute approximate surface area is 123 Å². The van der Waals surface area contributed by atoms with E-state index in [-0.39, 0.29) is 11.7 Å². The maximum atomic E-state index is 12.4. The summed E-state index contributed by atoms with van der Waals surface area (Å²) in [6.07, 6.45) is 2.56. The molecule has 7 heteroatoms. The molecule has 0 aliphatic rings. The summed E-state index contributed by atoms with van der Waals surface area (Å²) in [6.45, 7) is 6.09. The molecule has 118 valence electrons. The molecule has 0 fully saturated rings. The predicted octanol–water partition coefficient (Wildman–Crippen LogP) is 1.20. The number of nitrogens with two attached hydrogens (primary N) is 1. The van der Waals surface area contributed by atoms with Crippen LogP contribution < -0.4 is 11.1 Å². The molecule has 1 atom stereocenters. The molecular weight excluding hydrogens is 278 g/mol. The number of hydrogen-bond donors (Lipinski definition) is 3. The number of amides is 1. The highest BCUT2D eigenvalue weighted by atomic mass is 32.2. The maximum absolute atomic E-state index is 12.4. The largest absolute Gasteiger partial charge is 0.409 e. The summed E-state index contributed by atoms with van der Waals surface area (Å²) in [4.78, 5) is 12.4. The van der Waals surface area contributed by atoms with Gasteiger partial charge in [0.2, 0.25) is 5.91 Å². The fourth-order valence-corrected chi connectivity index (χ4v) is 2.88. The number of oxime groups is 1. The Morgan fingerprint density at radius 3 is 2.25 bits per heavy atom. The summed E-state index contributed by atoms with van der Waals surface area (Å²) in [5.74, 6) is 0.706.